The molecule has 1 aliphatic carbocycles. The van der Waals surface area contributed by atoms with Gasteiger partial charge in [-0.2, -0.15) is 0 Å². The van der Waals surface area contributed by atoms with E-state index in [1.807, 2.05) is 0 Å². The lowest BCUT2D eigenvalue weighted by atomic mass is 9.85. The first-order chi connectivity index (χ1) is 9.96. The third kappa shape index (κ3) is 2.73. The molecule has 21 heavy (non-hydrogen) atoms. The van der Waals surface area contributed by atoms with Crippen LogP contribution in [-0.4, -0.2) is 5.60 Å². The highest BCUT2D eigenvalue weighted by Crippen LogP contribution is 2.39. The predicted molar refractivity (Wildman–Crippen MR) is 88.9 cm³/mol. The largest absolute Gasteiger partial charge is 0.483 e. The Bertz CT molecular complexity index is 696. The minimum atomic E-state index is -0.224. The van der Waals surface area contributed by atoms with Gasteiger partial charge in [0.2, 0.25) is 0 Å². The molecule has 0 bridgehead atoms. The van der Waals surface area contributed by atoms with Gasteiger partial charge < -0.3 is 4.74 Å². The van der Waals surface area contributed by atoms with Gasteiger partial charge in [-0.25, -0.2) is 0 Å². The third-order valence-corrected chi connectivity index (χ3v) is 4.02. The summed E-state index contributed by atoms with van der Waals surface area (Å²) < 4.78 is 6.12. The van der Waals surface area contributed by atoms with E-state index in [1.54, 1.807) is 0 Å². The van der Waals surface area contributed by atoms with Crippen LogP contribution in [0.2, 0.25) is 0 Å². The summed E-state index contributed by atoms with van der Waals surface area (Å²) in [7, 11) is 0. The Labute approximate surface area is 127 Å². The van der Waals surface area contributed by atoms with Crippen molar-refractivity contribution < 1.29 is 4.74 Å². The summed E-state index contributed by atoms with van der Waals surface area (Å²) in [6, 6.07) is 8.51. The van der Waals surface area contributed by atoms with Gasteiger partial charge in [-0.05, 0) is 68.5 Å². The Kier molecular flexibility index (Phi) is 3.36. The van der Waals surface area contributed by atoms with E-state index < -0.39 is 0 Å². The van der Waals surface area contributed by atoms with Gasteiger partial charge in [-0.3, -0.25) is 0 Å². The van der Waals surface area contributed by atoms with Crippen molar-refractivity contribution in [3.05, 3.63) is 76.1 Å². The first-order valence-electron chi connectivity index (χ1n) is 7.52. The maximum Gasteiger partial charge on any atom is 0.128 e. The first-order valence-corrected chi connectivity index (χ1v) is 7.52. The highest BCUT2D eigenvalue weighted by Gasteiger charge is 2.28. The average molecular weight is 278 g/mol. The molecule has 1 heteroatoms. The van der Waals surface area contributed by atoms with Gasteiger partial charge in [0, 0.05) is 5.57 Å². The van der Waals surface area contributed by atoms with E-state index >= 15 is 0 Å². The van der Waals surface area contributed by atoms with Gasteiger partial charge >= 0.3 is 0 Å². The number of ether oxygens (including phenoxy) is 1. The van der Waals surface area contributed by atoms with Crippen molar-refractivity contribution in [3.63, 3.8) is 0 Å². The fraction of sp³-hybridized carbons (Fsp3) is 0.300. The van der Waals surface area contributed by atoms with Gasteiger partial charge in [0.1, 0.15) is 11.4 Å². The molecule has 0 fully saturated rings. The van der Waals surface area contributed by atoms with Crippen LogP contribution in [0.1, 0.15) is 38.3 Å². The predicted octanol–water partition coefficient (Wildman–Crippen LogP) is 5.35. The molecule has 1 aromatic rings. The number of rotatable bonds is 1. The number of hydrogen-bond acceptors (Lipinski definition) is 1. The van der Waals surface area contributed by atoms with Crippen LogP contribution in [-0.2, 0) is 4.74 Å². The fourth-order valence-electron chi connectivity index (χ4n) is 3.14. The summed E-state index contributed by atoms with van der Waals surface area (Å²) in [4.78, 5) is 0. The quantitative estimate of drug-likeness (QED) is 0.673. The maximum atomic E-state index is 6.12. The third-order valence-electron chi connectivity index (χ3n) is 4.02. The topological polar surface area (TPSA) is 9.23 Å². The standard InChI is InChI=1S/C20H22O/c1-14-8-5-6-9-16(14)12-17-10-7-11-18-19(17)15(2)13-20(3,4)21-18/h5-9,11-13H,10H2,1-4H3. The van der Waals surface area contributed by atoms with Crippen LogP contribution in [0.25, 0.3) is 6.08 Å². The van der Waals surface area contributed by atoms with Gasteiger partial charge in [-0.1, -0.05) is 36.4 Å². The molecule has 0 N–H and O–H groups in total. The van der Waals surface area contributed by atoms with Crippen LogP contribution in [0.3, 0.4) is 0 Å². The molecule has 0 radical (unpaired) electrons. The Morgan fingerprint density at radius 2 is 1.90 bits per heavy atom. The molecule has 0 spiro atoms. The fourth-order valence-corrected chi connectivity index (χ4v) is 3.14. The zero-order valence-electron chi connectivity index (χ0n) is 13.2. The average Bonchev–Trinajstić information content (AvgIpc) is 2.39. The number of hydrogen-bond donors (Lipinski definition) is 0. The molecule has 3 rings (SSSR count). The minimum Gasteiger partial charge on any atom is -0.483 e. The maximum absolute atomic E-state index is 6.12. The van der Waals surface area contributed by atoms with Gasteiger partial charge in [0.05, 0.1) is 0 Å². The van der Waals surface area contributed by atoms with Crippen molar-refractivity contribution in [3.8, 4) is 0 Å². The minimum absolute atomic E-state index is 0.224. The van der Waals surface area contributed by atoms with E-state index in [1.165, 1.54) is 27.8 Å². The molecular weight excluding hydrogens is 256 g/mol. The second kappa shape index (κ2) is 5.07. The second-order valence-corrected chi connectivity index (χ2v) is 6.40. The lowest BCUT2D eigenvalue weighted by Gasteiger charge is -2.33. The highest BCUT2D eigenvalue weighted by molar-refractivity contribution is 5.68. The van der Waals surface area contributed by atoms with Crippen molar-refractivity contribution >= 4 is 6.08 Å². The van der Waals surface area contributed by atoms with Crippen molar-refractivity contribution in [1.29, 1.82) is 0 Å². The lowest BCUT2D eigenvalue weighted by Crippen LogP contribution is -2.26. The summed E-state index contributed by atoms with van der Waals surface area (Å²) in [6.07, 6.45) is 9.78. The van der Waals surface area contributed by atoms with Gasteiger partial charge in [0.25, 0.3) is 0 Å². The molecule has 1 heterocycles. The second-order valence-electron chi connectivity index (χ2n) is 6.40. The zero-order valence-corrected chi connectivity index (χ0v) is 13.2. The van der Waals surface area contributed by atoms with Crippen molar-refractivity contribution in [2.24, 2.45) is 0 Å². The Morgan fingerprint density at radius 1 is 1.14 bits per heavy atom. The van der Waals surface area contributed by atoms with E-state index in [9.17, 15) is 0 Å². The molecule has 1 aromatic carbocycles. The lowest BCUT2D eigenvalue weighted by molar-refractivity contribution is 0.0797. The van der Waals surface area contributed by atoms with E-state index in [4.69, 9.17) is 4.74 Å². The van der Waals surface area contributed by atoms with Crippen LogP contribution in [0, 0.1) is 6.92 Å². The molecular formula is C20H22O. The molecule has 0 amide bonds. The molecule has 0 atom stereocenters. The zero-order chi connectivity index (χ0) is 15.0. The van der Waals surface area contributed by atoms with Gasteiger partial charge in [-0.15, -0.1) is 0 Å². The normalized spacial score (nSPS) is 21.9. The Hall–Kier alpha value is -2.02. The van der Waals surface area contributed by atoms with E-state index in [0.717, 1.165) is 12.2 Å². The molecule has 2 aliphatic rings. The molecule has 0 saturated heterocycles. The Balaban J connectivity index is 2.07. The van der Waals surface area contributed by atoms with Crippen molar-refractivity contribution in [2.45, 2.75) is 39.7 Å². The van der Waals surface area contributed by atoms with Crippen molar-refractivity contribution in [1.82, 2.24) is 0 Å². The monoisotopic (exact) mass is 278 g/mol. The van der Waals surface area contributed by atoms with Crippen molar-refractivity contribution in [2.75, 3.05) is 0 Å². The van der Waals surface area contributed by atoms with Crippen LogP contribution in [0.5, 0.6) is 0 Å². The van der Waals surface area contributed by atoms with Gasteiger partial charge in [0.15, 0.2) is 0 Å². The number of aryl methyl sites for hydroxylation is 1. The van der Waals surface area contributed by atoms with E-state index in [0.29, 0.717) is 0 Å². The number of allylic oxidation sites excluding steroid dienone is 5. The molecule has 0 saturated carbocycles. The highest BCUT2D eigenvalue weighted by atomic mass is 16.5. The molecule has 0 unspecified atom stereocenters. The van der Waals surface area contributed by atoms with Crippen LogP contribution in [0.15, 0.2) is 65.0 Å². The first kappa shape index (κ1) is 13.9. The smallest absolute Gasteiger partial charge is 0.128 e. The summed E-state index contributed by atoms with van der Waals surface area (Å²) in [5.74, 6) is 1.01. The molecule has 0 aromatic heterocycles. The Morgan fingerprint density at radius 3 is 2.67 bits per heavy atom. The molecule has 108 valence electrons. The summed E-state index contributed by atoms with van der Waals surface area (Å²) in [5, 5.41) is 0. The van der Waals surface area contributed by atoms with E-state index in [-0.39, 0.29) is 5.60 Å². The van der Waals surface area contributed by atoms with Crippen LogP contribution < -0.4 is 0 Å². The van der Waals surface area contributed by atoms with Crippen LogP contribution >= 0.6 is 0 Å². The molecule has 1 aliphatic heterocycles. The summed E-state index contributed by atoms with van der Waals surface area (Å²) in [6.45, 7) is 8.55. The number of benzene rings is 1. The molecule has 1 nitrogen and oxygen atoms in total. The summed E-state index contributed by atoms with van der Waals surface area (Å²) in [5.41, 5.74) is 6.28. The van der Waals surface area contributed by atoms with E-state index in [2.05, 4.69) is 76.3 Å². The summed E-state index contributed by atoms with van der Waals surface area (Å²) >= 11 is 0. The van der Waals surface area contributed by atoms with Crippen LogP contribution in [0.4, 0.5) is 0 Å². The SMILES string of the molecule is CC1=CC(C)(C)OC2=C1C(=Cc1ccccc1C)CC=C2.